The monoisotopic (exact) mass is 411 g/mol. The van der Waals surface area contributed by atoms with Gasteiger partial charge in [0, 0.05) is 44.2 Å². The molecule has 5 heterocycles. The van der Waals surface area contributed by atoms with Gasteiger partial charge in [-0.1, -0.05) is 0 Å². The molecule has 3 aliphatic rings. The zero-order chi connectivity index (χ0) is 20.7. The molecule has 2 amide bonds. The molecule has 0 saturated carbocycles. The van der Waals surface area contributed by atoms with Crippen LogP contribution in [-0.2, 0) is 16.1 Å². The van der Waals surface area contributed by atoms with Gasteiger partial charge in [-0.05, 0) is 50.3 Å². The van der Waals surface area contributed by atoms with Crippen molar-refractivity contribution < 1.29 is 14.0 Å². The second kappa shape index (κ2) is 7.91. The van der Waals surface area contributed by atoms with Gasteiger partial charge in [0.05, 0.1) is 6.54 Å². The van der Waals surface area contributed by atoms with Crippen molar-refractivity contribution in [2.24, 2.45) is 11.8 Å². The van der Waals surface area contributed by atoms with E-state index < -0.39 is 0 Å². The molecule has 0 aromatic carbocycles. The Bertz CT molecular complexity index is 908. The van der Waals surface area contributed by atoms with Crippen LogP contribution in [0.15, 0.2) is 28.8 Å². The number of fused-ring (bicyclic) bond motifs is 4. The van der Waals surface area contributed by atoms with E-state index in [0.717, 1.165) is 49.6 Å². The number of hydrogen-bond donors (Lipinski definition) is 2. The molecule has 3 aliphatic heterocycles. The van der Waals surface area contributed by atoms with Crippen molar-refractivity contribution in [3.05, 3.63) is 30.2 Å². The molecule has 4 atom stereocenters. The molecule has 2 bridgehead atoms. The Hall–Kier alpha value is -2.61. The van der Waals surface area contributed by atoms with Gasteiger partial charge in [0.2, 0.25) is 11.8 Å². The lowest BCUT2D eigenvalue weighted by molar-refractivity contribution is -0.160. The van der Waals surface area contributed by atoms with Crippen molar-refractivity contribution in [3.8, 4) is 11.5 Å². The number of likely N-dealkylation sites (N-methyl/N-ethyl adjacent to an activating group) is 1. The number of rotatable bonds is 5. The minimum Gasteiger partial charge on any atom is -0.458 e. The average Bonchev–Trinajstić information content (AvgIpc) is 3.41. The highest BCUT2D eigenvalue weighted by Crippen LogP contribution is 2.42. The molecule has 2 aromatic rings. The Balaban J connectivity index is 1.36. The molecule has 160 valence electrons. The summed E-state index contributed by atoms with van der Waals surface area (Å²) in [6.07, 6.45) is 5.22. The van der Waals surface area contributed by atoms with E-state index in [2.05, 4.69) is 20.4 Å². The molecule has 0 radical (unpaired) electrons. The van der Waals surface area contributed by atoms with E-state index in [-0.39, 0.29) is 29.8 Å². The summed E-state index contributed by atoms with van der Waals surface area (Å²) >= 11 is 0. The number of nitrogens with zero attached hydrogens (tertiary/aromatic N) is 3. The van der Waals surface area contributed by atoms with Crippen LogP contribution in [0.5, 0.6) is 0 Å². The van der Waals surface area contributed by atoms with E-state index in [9.17, 15) is 9.59 Å². The highest BCUT2D eigenvalue weighted by Gasteiger charge is 2.51. The lowest BCUT2D eigenvalue weighted by Gasteiger charge is -2.55. The van der Waals surface area contributed by atoms with Crippen LogP contribution in [0.2, 0.25) is 0 Å². The van der Waals surface area contributed by atoms with Crippen molar-refractivity contribution in [2.75, 3.05) is 19.6 Å². The van der Waals surface area contributed by atoms with E-state index in [1.807, 2.05) is 30.0 Å². The Morgan fingerprint density at radius 3 is 2.97 bits per heavy atom. The maximum absolute atomic E-state index is 12.9. The SMILES string of the molecule is CCNC(=O)[C@H]1[C@H]2C[C@H](CN(Cc3ccc(-c4ccn[nH]4)o3)C2)[C@@H]2CCCC(=O)N21. The summed E-state index contributed by atoms with van der Waals surface area (Å²) in [6, 6.07) is 5.69. The highest BCUT2D eigenvalue weighted by atomic mass is 16.3. The van der Waals surface area contributed by atoms with Gasteiger partial charge in [0.25, 0.3) is 0 Å². The third-order valence-corrected chi connectivity index (χ3v) is 6.84. The standard InChI is InChI=1S/C22H29N5O3/c1-2-23-22(29)21-15-10-14(18-4-3-5-20(28)27(18)21)11-26(12-15)13-16-6-7-19(30-16)17-8-9-24-25-17/h6-9,14-15,18,21H,2-5,10-13H2,1H3,(H,23,29)(H,24,25)/t14-,15+,18+,21-/m1/s1. The van der Waals surface area contributed by atoms with Crippen LogP contribution in [0.25, 0.3) is 11.5 Å². The number of carbonyl (C=O) groups is 2. The van der Waals surface area contributed by atoms with Gasteiger partial charge < -0.3 is 14.6 Å². The van der Waals surface area contributed by atoms with E-state index >= 15 is 0 Å². The van der Waals surface area contributed by atoms with Gasteiger partial charge >= 0.3 is 0 Å². The molecule has 3 saturated heterocycles. The van der Waals surface area contributed by atoms with E-state index in [0.29, 0.717) is 25.4 Å². The lowest BCUT2D eigenvalue weighted by Crippen LogP contribution is -2.68. The number of amides is 2. The first-order chi connectivity index (χ1) is 14.6. The van der Waals surface area contributed by atoms with Crippen LogP contribution in [0.4, 0.5) is 0 Å². The van der Waals surface area contributed by atoms with Crippen molar-refractivity contribution in [3.63, 3.8) is 0 Å². The number of furan rings is 1. The Morgan fingerprint density at radius 1 is 1.30 bits per heavy atom. The second-order valence-electron chi connectivity index (χ2n) is 8.79. The summed E-state index contributed by atoms with van der Waals surface area (Å²) in [6.45, 7) is 4.97. The van der Waals surface area contributed by atoms with Crippen LogP contribution < -0.4 is 5.32 Å². The van der Waals surface area contributed by atoms with Crippen LogP contribution in [0, 0.1) is 11.8 Å². The lowest BCUT2D eigenvalue weighted by atomic mass is 9.71. The summed E-state index contributed by atoms with van der Waals surface area (Å²) in [4.78, 5) is 30.1. The van der Waals surface area contributed by atoms with E-state index in [4.69, 9.17) is 4.42 Å². The van der Waals surface area contributed by atoms with Crippen molar-refractivity contribution in [1.82, 2.24) is 25.3 Å². The zero-order valence-corrected chi connectivity index (χ0v) is 17.3. The van der Waals surface area contributed by atoms with Gasteiger partial charge in [0.15, 0.2) is 5.76 Å². The zero-order valence-electron chi connectivity index (χ0n) is 17.3. The quantitative estimate of drug-likeness (QED) is 0.785. The molecule has 8 nitrogen and oxygen atoms in total. The van der Waals surface area contributed by atoms with Gasteiger partial charge in [-0.15, -0.1) is 0 Å². The fourth-order valence-electron chi connectivity index (χ4n) is 5.72. The Labute approximate surface area is 176 Å². The topological polar surface area (TPSA) is 94.5 Å². The van der Waals surface area contributed by atoms with Gasteiger partial charge in [-0.3, -0.25) is 19.6 Å². The molecule has 0 spiro atoms. The molecule has 2 aromatic heterocycles. The number of aromatic amines is 1. The number of likely N-dealkylation sites (tertiary alicyclic amines) is 1. The molecule has 8 heteroatoms. The van der Waals surface area contributed by atoms with Gasteiger partial charge in [-0.25, -0.2) is 0 Å². The maximum atomic E-state index is 12.9. The summed E-state index contributed by atoms with van der Waals surface area (Å²) < 4.78 is 6.03. The summed E-state index contributed by atoms with van der Waals surface area (Å²) in [5.41, 5.74) is 0.865. The largest absolute Gasteiger partial charge is 0.458 e. The molecule has 5 rings (SSSR count). The third-order valence-electron chi connectivity index (χ3n) is 6.84. The summed E-state index contributed by atoms with van der Waals surface area (Å²) in [5, 5.41) is 9.89. The molecular weight excluding hydrogens is 382 g/mol. The number of nitrogens with one attached hydrogen (secondary N) is 2. The number of aromatic nitrogens is 2. The van der Waals surface area contributed by atoms with Crippen molar-refractivity contribution in [2.45, 2.75) is 51.2 Å². The molecule has 30 heavy (non-hydrogen) atoms. The fourth-order valence-corrected chi connectivity index (χ4v) is 5.72. The Kier molecular flexibility index (Phi) is 5.10. The third kappa shape index (κ3) is 3.43. The van der Waals surface area contributed by atoms with Gasteiger partial charge in [0.1, 0.15) is 17.5 Å². The van der Waals surface area contributed by atoms with E-state index in [1.165, 1.54) is 0 Å². The first-order valence-corrected chi connectivity index (χ1v) is 11.0. The first kappa shape index (κ1) is 19.4. The molecule has 2 N–H and O–H groups in total. The molecule has 0 aliphatic carbocycles. The van der Waals surface area contributed by atoms with Crippen molar-refractivity contribution >= 4 is 11.8 Å². The Morgan fingerprint density at radius 2 is 2.17 bits per heavy atom. The second-order valence-corrected chi connectivity index (χ2v) is 8.79. The molecular formula is C22H29N5O3. The first-order valence-electron chi connectivity index (χ1n) is 11.0. The smallest absolute Gasteiger partial charge is 0.243 e. The highest BCUT2D eigenvalue weighted by molar-refractivity contribution is 5.89. The summed E-state index contributed by atoms with van der Waals surface area (Å²) in [5.74, 6) is 2.43. The van der Waals surface area contributed by atoms with Gasteiger partial charge in [-0.2, -0.15) is 5.10 Å². The number of H-pyrrole nitrogens is 1. The predicted octanol–water partition coefficient (Wildman–Crippen LogP) is 2.01. The number of carbonyl (C=O) groups excluding carboxylic acids is 2. The van der Waals surface area contributed by atoms with Crippen LogP contribution in [0.1, 0.15) is 38.4 Å². The van der Waals surface area contributed by atoms with Crippen molar-refractivity contribution in [1.29, 1.82) is 0 Å². The van der Waals surface area contributed by atoms with Crippen LogP contribution in [-0.4, -0.2) is 63.5 Å². The van der Waals surface area contributed by atoms with E-state index in [1.54, 1.807) is 6.20 Å². The molecule has 0 unspecified atom stereocenters. The minimum atomic E-state index is -0.348. The minimum absolute atomic E-state index is 0.00239. The predicted molar refractivity (Wildman–Crippen MR) is 110 cm³/mol. The normalized spacial score (nSPS) is 29.0. The molecule has 3 fully saturated rings. The number of hydrogen-bond acceptors (Lipinski definition) is 5. The van der Waals surface area contributed by atoms with Crippen LogP contribution in [0.3, 0.4) is 0 Å². The number of piperidine rings is 3. The fraction of sp³-hybridized carbons (Fsp3) is 0.591. The maximum Gasteiger partial charge on any atom is 0.243 e. The van der Waals surface area contributed by atoms with Crippen LogP contribution >= 0.6 is 0 Å². The summed E-state index contributed by atoms with van der Waals surface area (Å²) in [7, 11) is 0. The average molecular weight is 412 g/mol.